The summed E-state index contributed by atoms with van der Waals surface area (Å²) >= 11 is 0. The van der Waals surface area contributed by atoms with Crippen molar-refractivity contribution >= 4 is 11.4 Å². The van der Waals surface area contributed by atoms with Gasteiger partial charge in [0.25, 0.3) is 0 Å². The molecule has 3 aromatic rings. The minimum atomic E-state index is -4.57. The molecule has 0 amide bonds. The van der Waals surface area contributed by atoms with Crippen LogP contribution < -0.4 is 14.5 Å². The summed E-state index contributed by atoms with van der Waals surface area (Å²) in [4.78, 5) is 7.97. The minimum absolute atomic E-state index is 0.177. The summed E-state index contributed by atoms with van der Waals surface area (Å²) in [5.74, 6) is 0.446. The highest BCUT2D eigenvalue weighted by molar-refractivity contribution is 5.74. The first-order valence-electron chi connectivity index (χ1n) is 11.5. The molecule has 1 aliphatic heterocycles. The Morgan fingerprint density at radius 3 is 2.33 bits per heavy atom. The highest BCUT2D eigenvalue weighted by Crippen LogP contribution is 2.43. The molecule has 2 aromatic carbocycles. The Morgan fingerprint density at radius 2 is 1.64 bits per heavy atom. The molecule has 0 unspecified atom stereocenters. The van der Waals surface area contributed by atoms with Gasteiger partial charge in [-0.15, -0.1) is 0 Å². The Kier molecular flexibility index (Phi) is 7.33. The maximum absolute atomic E-state index is 13.4. The van der Waals surface area contributed by atoms with E-state index in [2.05, 4.69) is 4.98 Å². The van der Waals surface area contributed by atoms with Crippen molar-refractivity contribution in [3.05, 3.63) is 83.6 Å². The molecule has 1 aromatic heterocycles. The van der Waals surface area contributed by atoms with Crippen molar-refractivity contribution in [1.82, 2.24) is 4.98 Å². The van der Waals surface area contributed by atoms with Gasteiger partial charge >= 0.3 is 12.4 Å². The molecule has 0 aliphatic carbocycles. The minimum Gasteiger partial charge on any atom is -0.478 e. The van der Waals surface area contributed by atoms with E-state index in [1.165, 1.54) is 12.1 Å². The number of halogens is 6. The van der Waals surface area contributed by atoms with Crippen molar-refractivity contribution in [1.29, 1.82) is 0 Å². The van der Waals surface area contributed by atoms with E-state index < -0.39 is 30.4 Å². The molecule has 4 nitrogen and oxygen atoms in total. The summed E-state index contributed by atoms with van der Waals surface area (Å²) in [6.45, 7) is 2.38. The number of hydrogen-bond donors (Lipinski definition) is 0. The zero-order chi connectivity index (χ0) is 25.9. The molecule has 1 aliphatic rings. The third-order valence-electron chi connectivity index (χ3n) is 5.96. The second-order valence-corrected chi connectivity index (χ2v) is 8.47. The van der Waals surface area contributed by atoms with E-state index in [1.54, 1.807) is 47.4 Å². The molecule has 1 atom stereocenters. The molecule has 0 fully saturated rings. The number of benzene rings is 2. The largest absolute Gasteiger partial charge is 0.478 e. The maximum atomic E-state index is 13.4. The number of ether oxygens (including phenoxy) is 1. The Hall–Kier alpha value is -3.43. The van der Waals surface area contributed by atoms with Crippen molar-refractivity contribution in [3.63, 3.8) is 0 Å². The zero-order valence-corrected chi connectivity index (χ0v) is 19.5. The van der Waals surface area contributed by atoms with Crippen LogP contribution in [-0.2, 0) is 12.7 Å². The number of pyridine rings is 1. The standard InChI is InChI=1S/C26H25F6N3O/c1-2-36-24-12-6-9-20(33-24)16-34-17-23(18-7-5-8-19(15-18)26(30,31)32)35(14-13-25(27,28)29)22-11-4-3-10-21(22)34/h3-12,15,23H,2,13-14,16-17H2,1H3/t23-/m0/s1. The van der Waals surface area contributed by atoms with Crippen molar-refractivity contribution in [2.75, 3.05) is 29.5 Å². The number of fused-ring (bicyclic) bond motifs is 1. The van der Waals surface area contributed by atoms with Gasteiger partial charge in [-0.1, -0.05) is 30.3 Å². The quantitative estimate of drug-likeness (QED) is 0.320. The number of para-hydroxylation sites is 2. The normalized spacial score (nSPS) is 16.1. The van der Waals surface area contributed by atoms with Gasteiger partial charge < -0.3 is 14.5 Å². The molecule has 36 heavy (non-hydrogen) atoms. The number of alkyl halides is 6. The van der Waals surface area contributed by atoms with E-state index in [9.17, 15) is 26.3 Å². The summed E-state index contributed by atoms with van der Waals surface area (Å²) < 4.78 is 85.4. The van der Waals surface area contributed by atoms with Gasteiger partial charge in [0.15, 0.2) is 0 Å². The predicted octanol–water partition coefficient (Wildman–Crippen LogP) is 7.02. The van der Waals surface area contributed by atoms with Crippen LogP contribution >= 0.6 is 0 Å². The lowest BCUT2D eigenvalue weighted by molar-refractivity contribution is -0.137. The Balaban J connectivity index is 1.75. The Morgan fingerprint density at radius 1 is 0.917 bits per heavy atom. The average molecular weight is 509 g/mol. The van der Waals surface area contributed by atoms with Crippen molar-refractivity contribution in [2.45, 2.75) is 38.3 Å². The van der Waals surface area contributed by atoms with Crippen LogP contribution in [0.5, 0.6) is 5.88 Å². The fraction of sp³-hybridized carbons (Fsp3) is 0.346. The van der Waals surface area contributed by atoms with Gasteiger partial charge in [0.1, 0.15) is 0 Å². The summed E-state index contributed by atoms with van der Waals surface area (Å²) in [6.07, 6.45) is -10.1. The first kappa shape index (κ1) is 25.7. The SMILES string of the molecule is CCOc1cccc(CN2C[C@@H](c3cccc(C(F)(F)F)c3)N(CCC(F)(F)F)c3ccccc32)n1. The zero-order valence-electron chi connectivity index (χ0n) is 19.5. The average Bonchev–Trinajstić information content (AvgIpc) is 2.82. The second kappa shape index (κ2) is 10.3. The number of aromatic nitrogens is 1. The maximum Gasteiger partial charge on any atom is 0.416 e. The van der Waals surface area contributed by atoms with Crippen LogP contribution in [0.1, 0.15) is 36.2 Å². The molecular weight excluding hydrogens is 484 g/mol. The predicted molar refractivity (Wildman–Crippen MR) is 125 cm³/mol. The molecule has 192 valence electrons. The third kappa shape index (κ3) is 6.03. The van der Waals surface area contributed by atoms with Crippen LogP contribution in [0.3, 0.4) is 0 Å². The van der Waals surface area contributed by atoms with Crippen molar-refractivity contribution in [2.24, 2.45) is 0 Å². The fourth-order valence-corrected chi connectivity index (χ4v) is 4.40. The molecule has 4 rings (SSSR count). The summed E-state index contributed by atoms with van der Waals surface area (Å²) in [5, 5.41) is 0. The molecule has 0 saturated carbocycles. The summed E-state index contributed by atoms with van der Waals surface area (Å²) in [7, 11) is 0. The lowest BCUT2D eigenvalue weighted by Gasteiger charge is -2.45. The van der Waals surface area contributed by atoms with E-state index in [-0.39, 0.29) is 13.1 Å². The molecular formula is C26H25F6N3O. The lowest BCUT2D eigenvalue weighted by atomic mass is 9.97. The molecule has 0 N–H and O–H groups in total. The molecule has 0 radical (unpaired) electrons. The van der Waals surface area contributed by atoms with Gasteiger partial charge in [0.05, 0.1) is 48.2 Å². The van der Waals surface area contributed by atoms with Crippen LogP contribution in [0.25, 0.3) is 0 Å². The summed E-state index contributed by atoms with van der Waals surface area (Å²) in [5.41, 5.74) is 1.33. The van der Waals surface area contributed by atoms with Gasteiger partial charge in [0, 0.05) is 19.2 Å². The van der Waals surface area contributed by atoms with Crippen LogP contribution in [0, 0.1) is 0 Å². The fourth-order valence-electron chi connectivity index (χ4n) is 4.40. The van der Waals surface area contributed by atoms with Crippen molar-refractivity contribution in [3.8, 4) is 5.88 Å². The molecule has 0 saturated heterocycles. The van der Waals surface area contributed by atoms with Crippen molar-refractivity contribution < 1.29 is 31.1 Å². The number of hydrogen-bond acceptors (Lipinski definition) is 4. The summed E-state index contributed by atoms with van der Waals surface area (Å²) in [6, 6.07) is 16.4. The van der Waals surface area contributed by atoms with Crippen LogP contribution in [0.4, 0.5) is 37.7 Å². The second-order valence-electron chi connectivity index (χ2n) is 8.47. The van der Waals surface area contributed by atoms with Crippen LogP contribution in [0.15, 0.2) is 66.7 Å². The van der Waals surface area contributed by atoms with Crippen LogP contribution in [-0.4, -0.2) is 30.9 Å². The van der Waals surface area contributed by atoms with E-state index in [1.807, 2.05) is 11.8 Å². The molecule has 10 heteroatoms. The van der Waals surface area contributed by atoms with Gasteiger partial charge in [-0.3, -0.25) is 0 Å². The van der Waals surface area contributed by atoms with Gasteiger partial charge in [-0.2, -0.15) is 26.3 Å². The van der Waals surface area contributed by atoms with Gasteiger partial charge in [-0.25, -0.2) is 4.98 Å². The first-order valence-corrected chi connectivity index (χ1v) is 11.5. The molecule has 2 heterocycles. The smallest absolute Gasteiger partial charge is 0.416 e. The highest BCUT2D eigenvalue weighted by atomic mass is 19.4. The van der Waals surface area contributed by atoms with E-state index in [4.69, 9.17) is 4.74 Å². The molecule has 0 bridgehead atoms. The monoisotopic (exact) mass is 509 g/mol. The third-order valence-corrected chi connectivity index (χ3v) is 5.96. The van der Waals surface area contributed by atoms with E-state index in [0.29, 0.717) is 41.7 Å². The number of nitrogens with zero attached hydrogens (tertiary/aromatic N) is 3. The highest BCUT2D eigenvalue weighted by Gasteiger charge is 2.37. The van der Waals surface area contributed by atoms with E-state index in [0.717, 1.165) is 12.1 Å². The van der Waals surface area contributed by atoms with E-state index >= 15 is 0 Å². The van der Waals surface area contributed by atoms with Crippen LogP contribution in [0.2, 0.25) is 0 Å². The number of anilines is 2. The number of rotatable bonds is 7. The van der Waals surface area contributed by atoms with Gasteiger partial charge in [-0.05, 0) is 42.8 Å². The Bertz CT molecular complexity index is 1180. The topological polar surface area (TPSA) is 28.6 Å². The first-order chi connectivity index (χ1) is 17.0. The lowest BCUT2D eigenvalue weighted by Crippen LogP contribution is -2.44. The molecule has 0 spiro atoms. The van der Waals surface area contributed by atoms with Gasteiger partial charge in [0.2, 0.25) is 5.88 Å². The Labute approximate surface area is 205 Å².